The fraction of sp³-hybridized carbons (Fsp3) is 0.364. The lowest BCUT2D eigenvalue weighted by Crippen LogP contribution is -2.35. The van der Waals surface area contributed by atoms with Gasteiger partial charge in [0, 0.05) is 18.8 Å². The number of nitrogens with one attached hydrogen (secondary N) is 1. The van der Waals surface area contributed by atoms with Crippen LogP contribution < -0.4 is 10.1 Å². The SMILES string of the molecule is Cc1ccc(S(=O)(=O)N2CCCCC2)cc1NC(=O)COC(=O)c1cccc(OC(F)F)c1. The number of rotatable bonds is 8. The maximum Gasteiger partial charge on any atom is 0.387 e. The number of alkyl halides is 2. The summed E-state index contributed by atoms with van der Waals surface area (Å²) in [4.78, 5) is 24.5. The van der Waals surface area contributed by atoms with Gasteiger partial charge in [-0.05, 0) is 55.7 Å². The fourth-order valence-corrected chi connectivity index (χ4v) is 4.89. The number of carbonyl (C=O) groups is 2. The van der Waals surface area contributed by atoms with E-state index in [2.05, 4.69) is 10.1 Å². The summed E-state index contributed by atoms with van der Waals surface area (Å²) in [6.45, 7) is -1.08. The van der Waals surface area contributed by atoms with Crippen LogP contribution in [-0.4, -0.2) is 50.9 Å². The summed E-state index contributed by atoms with van der Waals surface area (Å²) in [6.07, 6.45) is 2.60. The first kappa shape index (κ1) is 24.6. The standard InChI is InChI=1S/C22H24F2N2O6S/c1-15-8-9-18(33(29,30)26-10-3-2-4-11-26)13-19(15)25-20(27)14-31-21(28)16-6-5-7-17(12-16)32-22(23)24/h5-9,12-13,22H,2-4,10-11,14H2,1H3,(H,25,27). The summed E-state index contributed by atoms with van der Waals surface area (Å²) < 4.78 is 61.0. The van der Waals surface area contributed by atoms with Gasteiger partial charge in [-0.1, -0.05) is 18.6 Å². The van der Waals surface area contributed by atoms with E-state index in [0.717, 1.165) is 25.3 Å². The van der Waals surface area contributed by atoms with Crippen LogP contribution in [0.5, 0.6) is 5.75 Å². The molecule has 3 rings (SSSR count). The average Bonchev–Trinajstić information content (AvgIpc) is 2.79. The molecule has 2 aromatic carbocycles. The van der Waals surface area contributed by atoms with Crippen molar-refractivity contribution in [2.45, 2.75) is 37.7 Å². The number of carbonyl (C=O) groups excluding carboxylic acids is 2. The van der Waals surface area contributed by atoms with E-state index in [1.165, 1.54) is 34.6 Å². The number of halogens is 2. The Hall–Kier alpha value is -3.05. The zero-order valence-electron chi connectivity index (χ0n) is 17.9. The third kappa shape index (κ3) is 6.48. The van der Waals surface area contributed by atoms with Gasteiger partial charge in [-0.15, -0.1) is 0 Å². The Morgan fingerprint density at radius 2 is 1.82 bits per heavy atom. The number of esters is 1. The van der Waals surface area contributed by atoms with Crippen molar-refractivity contribution in [2.24, 2.45) is 0 Å². The molecule has 33 heavy (non-hydrogen) atoms. The van der Waals surface area contributed by atoms with Crippen molar-refractivity contribution < 1.29 is 36.3 Å². The van der Waals surface area contributed by atoms with Gasteiger partial charge in [0.1, 0.15) is 5.75 Å². The van der Waals surface area contributed by atoms with E-state index in [1.54, 1.807) is 13.0 Å². The molecule has 1 aliphatic heterocycles. The van der Waals surface area contributed by atoms with Gasteiger partial charge in [-0.25, -0.2) is 13.2 Å². The molecule has 0 aromatic heterocycles. The van der Waals surface area contributed by atoms with E-state index in [0.29, 0.717) is 18.7 Å². The molecule has 8 nitrogen and oxygen atoms in total. The fourth-order valence-electron chi connectivity index (χ4n) is 3.35. The van der Waals surface area contributed by atoms with Gasteiger partial charge in [0.15, 0.2) is 6.61 Å². The zero-order chi connectivity index (χ0) is 24.0. The Labute approximate surface area is 190 Å². The topological polar surface area (TPSA) is 102 Å². The Balaban J connectivity index is 1.63. The molecule has 2 aromatic rings. The third-order valence-electron chi connectivity index (χ3n) is 5.07. The molecule has 0 spiro atoms. The van der Waals surface area contributed by atoms with Gasteiger partial charge >= 0.3 is 12.6 Å². The van der Waals surface area contributed by atoms with Gasteiger partial charge in [0.25, 0.3) is 5.91 Å². The summed E-state index contributed by atoms with van der Waals surface area (Å²) in [5, 5.41) is 2.55. The monoisotopic (exact) mass is 482 g/mol. The predicted molar refractivity (Wildman–Crippen MR) is 116 cm³/mol. The van der Waals surface area contributed by atoms with E-state index in [1.807, 2.05) is 0 Å². The number of aryl methyl sites for hydroxylation is 1. The van der Waals surface area contributed by atoms with Crippen LogP contribution in [0.3, 0.4) is 0 Å². The van der Waals surface area contributed by atoms with E-state index < -0.39 is 35.1 Å². The number of hydrogen-bond donors (Lipinski definition) is 1. The third-order valence-corrected chi connectivity index (χ3v) is 6.96. The van der Waals surface area contributed by atoms with Gasteiger partial charge < -0.3 is 14.8 Å². The summed E-state index contributed by atoms with van der Waals surface area (Å²) >= 11 is 0. The normalized spacial score (nSPS) is 14.7. The molecule has 178 valence electrons. The minimum absolute atomic E-state index is 0.0632. The van der Waals surface area contributed by atoms with Crippen molar-refractivity contribution in [3.05, 3.63) is 53.6 Å². The van der Waals surface area contributed by atoms with Gasteiger partial charge in [-0.2, -0.15) is 13.1 Å². The van der Waals surface area contributed by atoms with E-state index in [4.69, 9.17) is 4.74 Å². The van der Waals surface area contributed by atoms with Crippen molar-refractivity contribution >= 4 is 27.6 Å². The minimum atomic E-state index is -3.68. The summed E-state index contributed by atoms with van der Waals surface area (Å²) in [6, 6.07) is 9.46. The lowest BCUT2D eigenvalue weighted by atomic mass is 10.2. The van der Waals surface area contributed by atoms with Crippen LogP contribution in [-0.2, 0) is 19.6 Å². The molecule has 0 bridgehead atoms. The Morgan fingerprint density at radius 1 is 1.09 bits per heavy atom. The Kier molecular flexibility index (Phi) is 7.98. The van der Waals surface area contributed by atoms with Gasteiger partial charge in [0.2, 0.25) is 10.0 Å². The van der Waals surface area contributed by atoms with Crippen molar-refractivity contribution in [2.75, 3.05) is 25.0 Å². The summed E-state index contributed by atoms with van der Waals surface area (Å²) in [5.74, 6) is -1.80. The summed E-state index contributed by atoms with van der Waals surface area (Å²) in [7, 11) is -3.68. The highest BCUT2D eigenvalue weighted by Gasteiger charge is 2.26. The van der Waals surface area contributed by atoms with E-state index in [-0.39, 0.29) is 21.9 Å². The van der Waals surface area contributed by atoms with Crippen molar-refractivity contribution in [3.63, 3.8) is 0 Å². The molecule has 1 heterocycles. The van der Waals surface area contributed by atoms with Crippen LogP contribution in [0, 0.1) is 6.92 Å². The number of ether oxygens (including phenoxy) is 2. The Bertz CT molecular complexity index is 1120. The first-order valence-electron chi connectivity index (χ1n) is 10.3. The Morgan fingerprint density at radius 3 is 2.52 bits per heavy atom. The predicted octanol–water partition coefficient (Wildman–Crippen LogP) is 3.57. The molecule has 0 saturated carbocycles. The molecule has 1 aliphatic rings. The molecular weight excluding hydrogens is 458 g/mol. The van der Waals surface area contributed by atoms with Crippen LogP contribution in [0.25, 0.3) is 0 Å². The minimum Gasteiger partial charge on any atom is -0.452 e. The molecule has 0 atom stereocenters. The van der Waals surface area contributed by atoms with Gasteiger partial charge in [-0.3, -0.25) is 4.79 Å². The second kappa shape index (κ2) is 10.7. The molecule has 11 heteroatoms. The number of anilines is 1. The lowest BCUT2D eigenvalue weighted by molar-refractivity contribution is -0.119. The molecule has 1 N–H and O–H groups in total. The van der Waals surface area contributed by atoms with Crippen LogP contribution >= 0.6 is 0 Å². The number of hydrogen-bond acceptors (Lipinski definition) is 6. The first-order chi connectivity index (χ1) is 15.7. The van der Waals surface area contributed by atoms with E-state index >= 15 is 0 Å². The van der Waals surface area contributed by atoms with Crippen molar-refractivity contribution in [3.8, 4) is 5.75 Å². The van der Waals surface area contributed by atoms with Crippen molar-refractivity contribution in [1.82, 2.24) is 4.31 Å². The number of sulfonamides is 1. The van der Waals surface area contributed by atoms with Crippen LogP contribution in [0.15, 0.2) is 47.4 Å². The van der Waals surface area contributed by atoms with Crippen LogP contribution in [0.1, 0.15) is 35.2 Å². The molecular formula is C22H24F2N2O6S. The second-order valence-electron chi connectivity index (χ2n) is 7.47. The van der Waals surface area contributed by atoms with Crippen LogP contribution in [0.2, 0.25) is 0 Å². The van der Waals surface area contributed by atoms with Crippen molar-refractivity contribution in [1.29, 1.82) is 0 Å². The van der Waals surface area contributed by atoms with Crippen LogP contribution in [0.4, 0.5) is 14.5 Å². The molecule has 1 fully saturated rings. The largest absolute Gasteiger partial charge is 0.452 e. The number of piperidine rings is 1. The molecule has 1 amide bonds. The van der Waals surface area contributed by atoms with Gasteiger partial charge in [0.05, 0.1) is 10.5 Å². The maximum atomic E-state index is 12.9. The quantitative estimate of drug-likeness (QED) is 0.578. The zero-order valence-corrected chi connectivity index (χ0v) is 18.7. The number of nitrogens with zero attached hydrogens (tertiary/aromatic N) is 1. The van der Waals surface area contributed by atoms with E-state index in [9.17, 15) is 26.8 Å². The highest BCUT2D eigenvalue weighted by molar-refractivity contribution is 7.89. The number of amides is 1. The smallest absolute Gasteiger partial charge is 0.387 e. The maximum absolute atomic E-state index is 12.9. The highest BCUT2D eigenvalue weighted by Crippen LogP contribution is 2.25. The molecule has 0 aliphatic carbocycles. The summed E-state index contributed by atoms with van der Waals surface area (Å²) in [5.41, 5.74) is 0.845. The molecule has 0 unspecified atom stereocenters. The molecule has 0 radical (unpaired) electrons. The highest BCUT2D eigenvalue weighted by atomic mass is 32.2. The lowest BCUT2D eigenvalue weighted by Gasteiger charge is -2.26. The first-order valence-corrected chi connectivity index (χ1v) is 11.7. The number of benzene rings is 2. The second-order valence-corrected chi connectivity index (χ2v) is 9.41. The average molecular weight is 483 g/mol. The molecule has 1 saturated heterocycles.